The molecule has 0 saturated heterocycles. The summed E-state index contributed by atoms with van der Waals surface area (Å²) in [5.41, 5.74) is 2.03. The predicted octanol–water partition coefficient (Wildman–Crippen LogP) is 4.95. The van der Waals surface area contributed by atoms with Gasteiger partial charge < -0.3 is 0 Å². The van der Waals surface area contributed by atoms with E-state index in [1.165, 1.54) is 11.3 Å². The minimum Gasteiger partial charge on any atom is -0.234 e. The van der Waals surface area contributed by atoms with Crippen LogP contribution in [0.2, 0.25) is 4.34 Å². The highest BCUT2D eigenvalue weighted by molar-refractivity contribution is 7.85. The quantitative estimate of drug-likeness (QED) is 0.734. The maximum absolute atomic E-state index is 11.9. The van der Waals surface area contributed by atoms with E-state index in [9.17, 15) is 4.21 Å². The van der Waals surface area contributed by atoms with Crippen molar-refractivity contribution in [3.8, 4) is 10.4 Å². The molecule has 0 N–H and O–H groups in total. The second-order valence-corrected chi connectivity index (χ2v) is 8.97. The molecule has 0 fully saturated rings. The van der Waals surface area contributed by atoms with Crippen molar-refractivity contribution in [2.24, 2.45) is 4.40 Å². The van der Waals surface area contributed by atoms with E-state index in [0.717, 1.165) is 20.3 Å². The van der Waals surface area contributed by atoms with Crippen LogP contribution in [0, 0.1) is 0 Å². The van der Waals surface area contributed by atoms with Gasteiger partial charge in [-0.05, 0) is 50.1 Å². The van der Waals surface area contributed by atoms with Crippen LogP contribution in [0.5, 0.6) is 0 Å². The Balaban J connectivity index is 2.23. The predicted molar refractivity (Wildman–Crippen MR) is 90.3 cm³/mol. The topological polar surface area (TPSA) is 29.4 Å². The average molecular weight is 326 g/mol. The van der Waals surface area contributed by atoms with E-state index in [0.29, 0.717) is 0 Å². The van der Waals surface area contributed by atoms with Crippen LogP contribution in [0.1, 0.15) is 26.3 Å². The molecule has 1 aromatic carbocycles. The molecule has 1 atom stereocenters. The lowest BCUT2D eigenvalue weighted by molar-refractivity contribution is 0.651. The first-order valence-corrected chi connectivity index (χ1v) is 8.48. The molecule has 106 valence electrons. The Morgan fingerprint density at radius 3 is 2.60 bits per heavy atom. The molecule has 0 unspecified atom stereocenters. The first-order valence-electron chi connectivity index (χ1n) is 6.18. The molecule has 1 heterocycles. The third kappa shape index (κ3) is 4.01. The smallest absolute Gasteiger partial charge is 0.144 e. The number of halogens is 1. The third-order valence-electron chi connectivity index (χ3n) is 2.57. The number of rotatable bonds is 3. The number of benzene rings is 1. The maximum atomic E-state index is 11.9. The van der Waals surface area contributed by atoms with Gasteiger partial charge in [0.2, 0.25) is 0 Å². The fourth-order valence-corrected chi connectivity index (χ4v) is 3.08. The van der Waals surface area contributed by atoms with Crippen LogP contribution in [0.25, 0.3) is 10.4 Å². The van der Waals surface area contributed by atoms with Gasteiger partial charge in [-0.3, -0.25) is 0 Å². The van der Waals surface area contributed by atoms with Crippen molar-refractivity contribution in [1.82, 2.24) is 0 Å². The van der Waals surface area contributed by atoms with Gasteiger partial charge in [-0.1, -0.05) is 29.8 Å². The summed E-state index contributed by atoms with van der Waals surface area (Å²) in [4.78, 5) is 1.11. The Hall–Kier alpha value is -0.970. The second kappa shape index (κ2) is 6.20. The Labute approximate surface area is 131 Å². The highest BCUT2D eigenvalue weighted by atomic mass is 35.5. The summed E-state index contributed by atoms with van der Waals surface area (Å²) in [6.07, 6.45) is 1.67. The first kappa shape index (κ1) is 15.4. The summed E-state index contributed by atoms with van der Waals surface area (Å²) >= 11 is 7.49. The third-order valence-corrected chi connectivity index (χ3v) is 5.19. The second-order valence-electron chi connectivity index (χ2n) is 5.33. The number of thiophene rings is 1. The van der Waals surface area contributed by atoms with Crippen molar-refractivity contribution in [2.75, 3.05) is 0 Å². The molecular weight excluding hydrogens is 310 g/mol. The SMILES string of the molecule is CC(C)(C)[S@@](=O)N=Cc1cccc(-c2ccc(Cl)s2)c1. The van der Waals surface area contributed by atoms with Gasteiger partial charge in [0.1, 0.15) is 11.0 Å². The molecule has 0 aliphatic rings. The highest BCUT2D eigenvalue weighted by Gasteiger charge is 2.18. The molecule has 1 aromatic heterocycles. The molecule has 0 radical (unpaired) electrons. The van der Waals surface area contributed by atoms with Gasteiger partial charge in [0.05, 0.1) is 9.08 Å². The van der Waals surface area contributed by atoms with Crippen LogP contribution < -0.4 is 0 Å². The zero-order chi connectivity index (χ0) is 14.8. The summed E-state index contributed by atoms with van der Waals surface area (Å²) in [6, 6.07) is 11.8. The summed E-state index contributed by atoms with van der Waals surface area (Å²) in [5, 5.41) is 0. The van der Waals surface area contributed by atoms with Crippen LogP contribution in [0.3, 0.4) is 0 Å². The standard InChI is InChI=1S/C15H16ClNOS2/c1-15(2,3)20(18)17-10-11-5-4-6-12(9-11)13-7-8-14(16)19-13/h4-10H,1-3H3/t20-/m1/s1. The molecule has 0 bridgehead atoms. The number of nitrogens with zero attached hydrogens (tertiary/aromatic N) is 1. The Morgan fingerprint density at radius 2 is 2.00 bits per heavy atom. The molecule has 0 spiro atoms. The van der Waals surface area contributed by atoms with Crippen LogP contribution in [-0.2, 0) is 11.0 Å². The van der Waals surface area contributed by atoms with Crippen LogP contribution >= 0.6 is 22.9 Å². The summed E-state index contributed by atoms with van der Waals surface area (Å²) in [5.74, 6) is 0. The first-order chi connectivity index (χ1) is 9.36. The lowest BCUT2D eigenvalue weighted by atomic mass is 10.1. The Bertz CT molecular complexity index is 656. The maximum Gasteiger partial charge on any atom is 0.144 e. The molecule has 2 rings (SSSR count). The van der Waals surface area contributed by atoms with Crippen molar-refractivity contribution in [1.29, 1.82) is 0 Å². The minimum absolute atomic E-state index is 0.338. The van der Waals surface area contributed by atoms with Gasteiger partial charge in [0.15, 0.2) is 0 Å². The van der Waals surface area contributed by atoms with Gasteiger partial charge in [0.25, 0.3) is 0 Å². The summed E-state index contributed by atoms with van der Waals surface area (Å²) in [6.45, 7) is 5.72. The summed E-state index contributed by atoms with van der Waals surface area (Å²) in [7, 11) is -1.23. The van der Waals surface area contributed by atoms with E-state index in [1.807, 2.05) is 57.2 Å². The van der Waals surface area contributed by atoms with E-state index in [1.54, 1.807) is 6.21 Å². The van der Waals surface area contributed by atoms with E-state index < -0.39 is 11.0 Å². The molecule has 2 aromatic rings. The molecule has 0 amide bonds. The lowest BCUT2D eigenvalue weighted by Gasteiger charge is -2.12. The molecule has 20 heavy (non-hydrogen) atoms. The largest absolute Gasteiger partial charge is 0.234 e. The zero-order valence-corrected chi connectivity index (χ0v) is 14.0. The van der Waals surface area contributed by atoms with Crippen molar-refractivity contribution >= 4 is 40.1 Å². The van der Waals surface area contributed by atoms with Crippen molar-refractivity contribution < 1.29 is 4.21 Å². The molecule has 2 nitrogen and oxygen atoms in total. The molecule has 0 aliphatic heterocycles. The van der Waals surface area contributed by atoms with Gasteiger partial charge in [-0.2, -0.15) is 4.40 Å². The monoisotopic (exact) mass is 325 g/mol. The van der Waals surface area contributed by atoms with Crippen molar-refractivity contribution in [2.45, 2.75) is 25.5 Å². The lowest BCUT2D eigenvalue weighted by Crippen LogP contribution is -2.19. The summed E-state index contributed by atoms with van der Waals surface area (Å²) < 4.78 is 16.5. The molecular formula is C15H16ClNOS2. The van der Waals surface area contributed by atoms with Crippen molar-refractivity contribution in [3.05, 3.63) is 46.3 Å². The van der Waals surface area contributed by atoms with Crippen molar-refractivity contribution in [3.63, 3.8) is 0 Å². The molecule has 5 heteroatoms. The van der Waals surface area contributed by atoms with Gasteiger partial charge >= 0.3 is 0 Å². The van der Waals surface area contributed by atoms with E-state index >= 15 is 0 Å². The number of hydrogen-bond donors (Lipinski definition) is 0. The minimum atomic E-state index is -1.23. The Morgan fingerprint density at radius 1 is 1.25 bits per heavy atom. The van der Waals surface area contributed by atoms with Gasteiger partial charge in [-0.15, -0.1) is 11.3 Å². The van der Waals surface area contributed by atoms with E-state index in [2.05, 4.69) is 4.40 Å². The Kier molecular flexibility index (Phi) is 4.78. The molecule has 0 aliphatic carbocycles. The van der Waals surface area contributed by atoms with E-state index in [-0.39, 0.29) is 4.75 Å². The normalized spacial score (nSPS) is 13.8. The fraction of sp³-hybridized carbons (Fsp3) is 0.267. The molecule has 0 saturated carbocycles. The van der Waals surface area contributed by atoms with Crippen LogP contribution in [-0.4, -0.2) is 15.2 Å². The van der Waals surface area contributed by atoms with Crippen LogP contribution in [0.15, 0.2) is 40.8 Å². The van der Waals surface area contributed by atoms with Gasteiger partial charge in [0, 0.05) is 11.1 Å². The van der Waals surface area contributed by atoms with Gasteiger partial charge in [-0.25, -0.2) is 4.21 Å². The average Bonchev–Trinajstić information content (AvgIpc) is 2.82. The van der Waals surface area contributed by atoms with Crippen LogP contribution in [0.4, 0.5) is 0 Å². The highest BCUT2D eigenvalue weighted by Crippen LogP contribution is 2.31. The zero-order valence-electron chi connectivity index (χ0n) is 11.6. The number of hydrogen-bond acceptors (Lipinski definition) is 2. The fourth-order valence-electron chi connectivity index (χ4n) is 1.51. The van der Waals surface area contributed by atoms with E-state index in [4.69, 9.17) is 11.6 Å².